The summed E-state index contributed by atoms with van der Waals surface area (Å²) in [7, 11) is 0. The van der Waals surface area contributed by atoms with E-state index in [0.29, 0.717) is 17.9 Å². The maximum atomic E-state index is 12.3. The van der Waals surface area contributed by atoms with Crippen LogP contribution in [0.5, 0.6) is 5.75 Å². The minimum atomic E-state index is -0.282. The molecule has 0 bridgehead atoms. The number of carbonyl (C=O) groups excluding carboxylic acids is 1. The smallest absolute Gasteiger partial charge is 0.275 e. The lowest BCUT2D eigenvalue weighted by Crippen LogP contribution is -2.19. The Morgan fingerprint density at radius 1 is 1.12 bits per heavy atom. The van der Waals surface area contributed by atoms with Crippen LogP contribution in [0.25, 0.3) is 0 Å². The van der Waals surface area contributed by atoms with Crippen LogP contribution < -0.4 is 10.2 Å². The number of hydrogen-bond donors (Lipinski definition) is 1. The molecular weight excluding hydrogens is 300 g/mol. The Morgan fingerprint density at radius 2 is 1.75 bits per heavy atom. The largest absolute Gasteiger partial charge is 0.493 e. The molecule has 0 spiro atoms. The molecule has 2 aromatic rings. The molecule has 4 nitrogen and oxygen atoms in total. The van der Waals surface area contributed by atoms with Gasteiger partial charge in [-0.05, 0) is 69.0 Å². The van der Waals surface area contributed by atoms with E-state index in [1.165, 1.54) is 22.3 Å². The highest BCUT2D eigenvalue weighted by molar-refractivity contribution is 5.97. The number of benzene rings is 2. The van der Waals surface area contributed by atoms with E-state index in [1.54, 1.807) is 24.4 Å². The van der Waals surface area contributed by atoms with E-state index in [4.69, 9.17) is 4.74 Å². The summed E-state index contributed by atoms with van der Waals surface area (Å²) in [5.41, 5.74) is 8.89. The van der Waals surface area contributed by atoms with Crippen LogP contribution in [-0.2, 0) is 0 Å². The summed E-state index contributed by atoms with van der Waals surface area (Å²) in [6.07, 6.45) is 1.71. The van der Waals surface area contributed by atoms with Crippen molar-refractivity contribution in [2.75, 3.05) is 6.61 Å². The van der Waals surface area contributed by atoms with Crippen molar-refractivity contribution < 1.29 is 9.53 Å². The maximum Gasteiger partial charge on any atom is 0.275 e. The number of amides is 1. The third kappa shape index (κ3) is 3.82. The average molecular weight is 324 g/mol. The Morgan fingerprint density at radius 3 is 2.38 bits per heavy atom. The lowest BCUT2D eigenvalue weighted by Gasteiger charge is -2.12. The van der Waals surface area contributed by atoms with Crippen molar-refractivity contribution in [2.24, 2.45) is 5.10 Å². The molecule has 2 rings (SSSR count). The number of hydrogen-bond acceptors (Lipinski definition) is 3. The monoisotopic (exact) mass is 324 g/mol. The van der Waals surface area contributed by atoms with Gasteiger partial charge in [-0.15, -0.1) is 0 Å². The molecule has 0 aromatic heterocycles. The Labute approximate surface area is 143 Å². The normalized spacial score (nSPS) is 10.9. The summed E-state index contributed by atoms with van der Waals surface area (Å²) in [4.78, 5) is 12.3. The van der Waals surface area contributed by atoms with Gasteiger partial charge in [-0.2, -0.15) is 5.10 Å². The van der Waals surface area contributed by atoms with Gasteiger partial charge in [0.15, 0.2) is 0 Å². The topological polar surface area (TPSA) is 50.7 Å². The summed E-state index contributed by atoms with van der Waals surface area (Å²) in [5.74, 6) is 0.279. The lowest BCUT2D eigenvalue weighted by molar-refractivity contribution is 0.0951. The van der Waals surface area contributed by atoms with Crippen molar-refractivity contribution in [2.45, 2.75) is 34.6 Å². The zero-order chi connectivity index (χ0) is 17.7. The number of aryl methyl sites for hydroxylation is 2. The molecule has 126 valence electrons. The second kappa shape index (κ2) is 7.77. The van der Waals surface area contributed by atoms with Crippen molar-refractivity contribution in [1.82, 2.24) is 5.43 Å². The van der Waals surface area contributed by atoms with Crippen LogP contribution in [-0.4, -0.2) is 18.7 Å². The molecule has 24 heavy (non-hydrogen) atoms. The molecule has 0 aliphatic carbocycles. The van der Waals surface area contributed by atoms with Crippen LogP contribution in [0.4, 0.5) is 0 Å². The molecule has 0 aliphatic rings. The fourth-order valence-electron chi connectivity index (χ4n) is 2.59. The second-order valence-corrected chi connectivity index (χ2v) is 5.80. The van der Waals surface area contributed by atoms with Gasteiger partial charge in [0, 0.05) is 5.56 Å². The fourth-order valence-corrected chi connectivity index (χ4v) is 2.59. The maximum absolute atomic E-state index is 12.3. The molecule has 0 unspecified atom stereocenters. The van der Waals surface area contributed by atoms with Gasteiger partial charge < -0.3 is 4.74 Å². The minimum absolute atomic E-state index is 0.282. The van der Waals surface area contributed by atoms with Crippen LogP contribution in [0.3, 0.4) is 0 Å². The first kappa shape index (κ1) is 17.7. The molecule has 0 fully saturated rings. The summed E-state index contributed by atoms with van der Waals surface area (Å²) in [5, 5.41) is 4.14. The summed E-state index contributed by atoms with van der Waals surface area (Å²) < 4.78 is 5.48. The number of rotatable bonds is 5. The fraction of sp³-hybridized carbons (Fsp3) is 0.300. The Kier molecular flexibility index (Phi) is 5.74. The third-order valence-electron chi connectivity index (χ3n) is 4.22. The van der Waals surface area contributed by atoms with E-state index in [9.17, 15) is 4.79 Å². The SMILES string of the molecule is CCOc1ccccc1C(=O)N/N=C/c1c(C)c(C)cc(C)c1C. The van der Waals surface area contributed by atoms with E-state index in [1.807, 2.05) is 13.0 Å². The average Bonchev–Trinajstić information content (AvgIpc) is 2.57. The van der Waals surface area contributed by atoms with E-state index in [2.05, 4.69) is 44.3 Å². The Hall–Kier alpha value is -2.62. The molecule has 0 radical (unpaired) electrons. The molecular formula is C20H24N2O2. The highest BCUT2D eigenvalue weighted by Crippen LogP contribution is 2.20. The summed E-state index contributed by atoms with van der Waals surface area (Å²) >= 11 is 0. The first-order valence-electron chi connectivity index (χ1n) is 8.08. The molecule has 0 heterocycles. The first-order valence-corrected chi connectivity index (χ1v) is 8.08. The Bertz CT molecular complexity index is 753. The van der Waals surface area contributed by atoms with E-state index >= 15 is 0 Å². The number of carbonyl (C=O) groups is 1. The molecule has 0 atom stereocenters. The number of para-hydroxylation sites is 1. The summed E-state index contributed by atoms with van der Waals surface area (Å²) in [6, 6.07) is 9.31. The van der Waals surface area contributed by atoms with E-state index < -0.39 is 0 Å². The molecule has 0 saturated carbocycles. The molecule has 4 heteroatoms. The first-order chi connectivity index (χ1) is 11.5. The Balaban J connectivity index is 2.20. The van der Waals surface area contributed by atoms with Gasteiger partial charge in [0.25, 0.3) is 5.91 Å². The standard InChI is InChI=1S/C20H24N2O2/c1-6-24-19-10-8-7-9-17(19)20(23)22-21-12-18-15(4)13(2)11-14(3)16(18)5/h7-12H,6H2,1-5H3,(H,22,23)/b21-12+. The number of hydrazone groups is 1. The van der Waals surface area contributed by atoms with Crippen LogP contribution >= 0.6 is 0 Å². The lowest BCUT2D eigenvalue weighted by atomic mass is 9.95. The van der Waals surface area contributed by atoms with E-state index in [-0.39, 0.29) is 5.91 Å². The van der Waals surface area contributed by atoms with Gasteiger partial charge in [-0.1, -0.05) is 18.2 Å². The zero-order valence-corrected chi connectivity index (χ0v) is 14.9. The quantitative estimate of drug-likeness (QED) is 0.665. The molecule has 1 amide bonds. The van der Waals surface area contributed by atoms with Crippen LogP contribution in [0.15, 0.2) is 35.4 Å². The minimum Gasteiger partial charge on any atom is -0.493 e. The number of nitrogens with one attached hydrogen (secondary N) is 1. The summed E-state index contributed by atoms with van der Waals surface area (Å²) in [6.45, 7) is 10.7. The van der Waals surface area contributed by atoms with Crippen molar-refractivity contribution in [3.8, 4) is 5.75 Å². The zero-order valence-electron chi connectivity index (χ0n) is 14.9. The number of ether oxygens (including phenoxy) is 1. The van der Waals surface area contributed by atoms with Gasteiger partial charge >= 0.3 is 0 Å². The molecule has 2 aromatic carbocycles. The van der Waals surface area contributed by atoms with Gasteiger partial charge in [-0.25, -0.2) is 5.43 Å². The number of nitrogens with zero attached hydrogens (tertiary/aromatic N) is 1. The van der Waals surface area contributed by atoms with E-state index in [0.717, 1.165) is 5.56 Å². The van der Waals surface area contributed by atoms with Crippen LogP contribution in [0.2, 0.25) is 0 Å². The second-order valence-electron chi connectivity index (χ2n) is 5.80. The van der Waals surface area contributed by atoms with Crippen molar-refractivity contribution in [3.05, 3.63) is 63.7 Å². The molecule has 0 aliphatic heterocycles. The predicted octanol–water partition coefficient (Wildman–Crippen LogP) is 4.08. The third-order valence-corrected chi connectivity index (χ3v) is 4.22. The van der Waals surface area contributed by atoms with Crippen molar-refractivity contribution in [3.63, 3.8) is 0 Å². The molecule has 0 saturated heterocycles. The van der Waals surface area contributed by atoms with Crippen molar-refractivity contribution >= 4 is 12.1 Å². The van der Waals surface area contributed by atoms with Crippen molar-refractivity contribution in [1.29, 1.82) is 0 Å². The van der Waals surface area contributed by atoms with Crippen LogP contribution in [0, 0.1) is 27.7 Å². The predicted molar refractivity (Wildman–Crippen MR) is 98.1 cm³/mol. The highest BCUT2D eigenvalue weighted by Gasteiger charge is 2.11. The van der Waals surface area contributed by atoms with Gasteiger partial charge in [0.2, 0.25) is 0 Å². The van der Waals surface area contributed by atoms with Gasteiger partial charge in [0.05, 0.1) is 18.4 Å². The van der Waals surface area contributed by atoms with Crippen LogP contribution in [0.1, 0.15) is 45.1 Å². The van der Waals surface area contributed by atoms with Gasteiger partial charge in [-0.3, -0.25) is 4.79 Å². The molecule has 1 N–H and O–H groups in total. The highest BCUT2D eigenvalue weighted by atomic mass is 16.5. The van der Waals surface area contributed by atoms with Gasteiger partial charge in [0.1, 0.15) is 5.75 Å².